The van der Waals surface area contributed by atoms with Crippen molar-refractivity contribution in [1.29, 1.82) is 0 Å². The van der Waals surface area contributed by atoms with E-state index in [1.165, 1.54) is 12.1 Å². The standard InChI is InChI=1S/C18H16F3NO3/c19-18(20,21)15-9-5-4-8-14(15)17(24)25-12-16(23)22-11-10-13-6-2-1-3-7-13/h1-9H,10-12H2,(H,22,23). The topological polar surface area (TPSA) is 55.4 Å². The first-order valence-corrected chi connectivity index (χ1v) is 7.52. The summed E-state index contributed by atoms with van der Waals surface area (Å²) in [6.45, 7) is -0.306. The van der Waals surface area contributed by atoms with Crippen LogP contribution in [0.2, 0.25) is 0 Å². The third kappa shape index (κ3) is 5.63. The molecule has 0 fully saturated rings. The fourth-order valence-corrected chi connectivity index (χ4v) is 2.16. The van der Waals surface area contributed by atoms with E-state index in [0.717, 1.165) is 17.7 Å². The Morgan fingerprint density at radius 3 is 2.28 bits per heavy atom. The molecule has 1 amide bonds. The largest absolute Gasteiger partial charge is 0.452 e. The summed E-state index contributed by atoms with van der Waals surface area (Å²) in [5.74, 6) is -1.76. The molecule has 0 atom stereocenters. The maximum atomic E-state index is 12.8. The first-order valence-electron chi connectivity index (χ1n) is 7.52. The van der Waals surface area contributed by atoms with Gasteiger partial charge in [0.05, 0.1) is 11.1 Å². The fraction of sp³-hybridized carbons (Fsp3) is 0.222. The quantitative estimate of drug-likeness (QED) is 0.813. The lowest BCUT2D eigenvalue weighted by Crippen LogP contribution is -2.30. The molecule has 0 unspecified atom stereocenters. The van der Waals surface area contributed by atoms with Crippen LogP contribution in [0.1, 0.15) is 21.5 Å². The van der Waals surface area contributed by atoms with Gasteiger partial charge in [0.25, 0.3) is 5.91 Å². The second-order valence-corrected chi connectivity index (χ2v) is 5.21. The van der Waals surface area contributed by atoms with Gasteiger partial charge in [-0.15, -0.1) is 0 Å². The van der Waals surface area contributed by atoms with E-state index in [1.54, 1.807) is 0 Å². The minimum atomic E-state index is -4.67. The van der Waals surface area contributed by atoms with Crippen LogP contribution in [0.5, 0.6) is 0 Å². The van der Waals surface area contributed by atoms with Gasteiger partial charge in [0.15, 0.2) is 6.61 Å². The molecule has 0 bridgehead atoms. The molecule has 4 nitrogen and oxygen atoms in total. The molecule has 0 saturated carbocycles. The number of carbonyl (C=O) groups is 2. The molecule has 25 heavy (non-hydrogen) atoms. The molecule has 0 aliphatic carbocycles. The Morgan fingerprint density at radius 2 is 1.60 bits per heavy atom. The van der Waals surface area contributed by atoms with Crippen molar-refractivity contribution in [2.75, 3.05) is 13.2 Å². The smallest absolute Gasteiger partial charge is 0.417 e. The summed E-state index contributed by atoms with van der Waals surface area (Å²) in [6, 6.07) is 13.7. The van der Waals surface area contributed by atoms with Crippen LogP contribution >= 0.6 is 0 Å². The van der Waals surface area contributed by atoms with Gasteiger partial charge < -0.3 is 10.1 Å². The third-order valence-corrected chi connectivity index (χ3v) is 3.37. The highest BCUT2D eigenvalue weighted by Crippen LogP contribution is 2.32. The molecule has 0 aliphatic heterocycles. The van der Waals surface area contributed by atoms with E-state index in [2.05, 4.69) is 10.1 Å². The van der Waals surface area contributed by atoms with Crippen LogP contribution in [-0.2, 0) is 22.1 Å². The second-order valence-electron chi connectivity index (χ2n) is 5.21. The van der Waals surface area contributed by atoms with E-state index in [-0.39, 0.29) is 0 Å². The van der Waals surface area contributed by atoms with Crippen LogP contribution in [0.4, 0.5) is 13.2 Å². The third-order valence-electron chi connectivity index (χ3n) is 3.37. The summed E-state index contributed by atoms with van der Waals surface area (Å²) in [5.41, 5.74) is -0.685. The van der Waals surface area contributed by atoms with Gasteiger partial charge in [-0.2, -0.15) is 13.2 Å². The molecule has 0 aromatic heterocycles. The van der Waals surface area contributed by atoms with E-state index >= 15 is 0 Å². The summed E-state index contributed by atoms with van der Waals surface area (Å²) >= 11 is 0. The van der Waals surface area contributed by atoms with Crippen molar-refractivity contribution in [1.82, 2.24) is 5.32 Å². The normalized spacial score (nSPS) is 11.0. The van der Waals surface area contributed by atoms with E-state index in [1.807, 2.05) is 30.3 Å². The van der Waals surface area contributed by atoms with Crippen molar-refractivity contribution >= 4 is 11.9 Å². The number of halogens is 3. The molecular formula is C18H16F3NO3. The average molecular weight is 351 g/mol. The van der Waals surface area contributed by atoms with Gasteiger partial charge in [-0.1, -0.05) is 42.5 Å². The van der Waals surface area contributed by atoms with E-state index < -0.39 is 35.8 Å². The monoisotopic (exact) mass is 351 g/mol. The number of rotatable bonds is 6. The van der Waals surface area contributed by atoms with Gasteiger partial charge in [-0.25, -0.2) is 4.79 Å². The molecule has 1 N–H and O–H groups in total. The lowest BCUT2D eigenvalue weighted by molar-refractivity contribution is -0.138. The number of benzene rings is 2. The average Bonchev–Trinajstić information content (AvgIpc) is 2.60. The molecule has 7 heteroatoms. The number of hydrogen-bond acceptors (Lipinski definition) is 3. The van der Waals surface area contributed by atoms with Gasteiger partial charge in [0.1, 0.15) is 0 Å². The minimum absolute atomic E-state index is 0.333. The zero-order valence-electron chi connectivity index (χ0n) is 13.2. The van der Waals surface area contributed by atoms with Crippen molar-refractivity contribution in [2.45, 2.75) is 12.6 Å². The van der Waals surface area contributed by atoms with Crippen LogP contribution < -0.4 is 5.32 Å². The Labute approximate surface area is 142 Å². The predicted octanol–water partition coefficient (Wildman–Crippen LogP) is 3.22. The maximum absolute atomic E-state index is 12.8. The summed E-state index contributed by atoms with van der Waals surface area (Å²) < 4.78 is 43.2. The van der Waals surface area contributed by atoms with Crippen LogP contribution in [0.15, 0.2) is 54.6 Å². The number of carbonyl (C=O) groups excluding carboxylic acids is 2. The summed E-state index contributed by atoms with van der Waals surface area (Å²) in [7, 11) is 0. The molecule has 2 rings (SSSR count). The van der Waals surface area contributed by atoms with Crippen LogP contribution in [0.25, 0.3) is 0 Å². The number of alkyl halides is 3. The van der Waals surface area contributed by atoms with Crippen molar-refractivity contribution in [3.05, 3.63) is 71.3 Å². The molecule has 2 aromatic rings. The predicted molar refractivity (Wildman–Crippen MR) is 84.9 cm³/mol. The second kappa shape index (κ2) is 8.32. The highest BCUT2D eigenvalue weighted by molar-refractivity contribution is 5.92. The zero-order valence-corrected chi connectivity index (χ0v) is 13.2. The van der Waals surface area contributed by atoms with Gasteiger partial charge in [0, 0.05) is 6.54 Å². The lowest BCUT2D eigenvalue weighted by Gasteiger charge is -2.12. The molecule has 0 saturated heterocycles. The van der Waals surface area contributed by atoms with Gasteiger partial charge in [-0.05, 0) is 24.1 Å². The number of nitrogens with one attached hydrogen (secondary N) is 1. The highest BCUT2D eigenvalue weighted by Gasteiger charge is 2.35. The molecule has 0 heterocycles. The summed E-state index contributed by atoms with van der Waals surface area (Å²) in [5, 5.41) is 2.54. The van der Waals surface area contributed by atoms with Crippen LogP contribution in [0.3, 0.4) is 0 Å². The molecule has 0 spiro atoms. The Morgan fingerprint density at radius 1 is 0.960 bits per heavy atom. The minimum Gasteiger partial charge on any atom is -0.452 e. The lowest BCUT2D eigenvalue weighted by atomic mass is 10.1. The van der Waals surface area contributed by atoms with Crippen LogP contribution in [-0.4, -0.2) is 25.0 Å². The van der Waals surface area contributed by atoms with Crippen molar-refractivity contribution in [2.24, 2.45) is 0 Å². The molecule has 0 radical (unpaired) electrons. The van der Waals surface area contributed by atoms with Gasteiger partial charge >= 0.3 is 12.1 Å². The van der Waals surface area contributed by atoms with Crippen molar-refractivity contribution in [3.63, 3.8) is 0 Å². The Balaban J connectivity index is 1.83. The van der Waals surface area contributed by atoms with Crippen molar-refractivity contribution in [3.8, 4) is 0 Å². The number of ether oxygens (including phenoxy) is 1. The SMILES string of the molecule is O=C(COC(=O)c1ccccc1C(F)(F)F)NCCc1ccccc1. The highest BCUT2D eigenvalue weighted by atomic mass is 19.4. The molecular weight excluding hydrogens is 335 g/mol. The van der Waals surface area contributed by atoms with Gasteiger partial charge in [-0.3, -0.25) is 4.79 Å². The van der Waals surface area contributed by atoms with E-state index in [0.29, 0.717) is 13.0 Å². The Kier molecular flexibility index (Phi) is 6.16. The Bertz CT molecular complexity index is 730. The van der Waals surface area contributed by atoms with E-state index in [9.17, 15) is 22.8 Å². The number of hydrogen-bond donors (Lipinski definition) is 1. The molecule has 132 valence electrons. The first kappa shape index (κ1) is 18.5. The maximum Gasteiger partial charge on any atom is 0.417 e. The number of esters is 1. The first-order chi connectivity index (χ1) is 11.9. The van der Waals surface area contributed by atoms with Crippen molar-refractivity contribution < 1.29 is 27.5 Å². The van der Waals surface area contributed by atoms with Crippen LogP contribution in [0, 0.1) is 0 Å². The summed E-state index contributed by atoms with van der Waals surface area (Å²) in [6.07, 6.45) is -4.08. The Hall–Kier alpha value is -2.83. The summed E-state index contributed by atoms with van der Waals surface area (Å²) in [4.78, 5) is 23.4. The molecule has 0 aliphatic rings. The number of amides is 1. The van der Waals surface area contributed by atoms with Gasteiger partial charge in [0.2, 0.25) is 0 Å². The fourth-order valence-electron chi connectivity index (χ4n) is 2.16. The molecule has 2 aromatic carbocycles. The van der Waals surface area contributed by atoms with E-state index in [4.69, 9.17) is 0 Å². The zero-order chi connectivity index (χ0) is 18.3.